The van der Waals surface area contributed by atoms with Crippen LogP contribution in [0.2, 0.25) is 5.15 Å². The minimum atomic E-state index is -0.859. The number of halogens is 1. The van der Waals surface area contributed by atoms with Gasteiger partial charge in [0.15, 0.2) is 0 Å². The molecule has 1 N–H and O–H groups in total. The Bertz CT molecular complexity index is 292. The highest BCUT2D eigenvalue weighted by atomic mass is 35.5. The normalized spacial score (nSPS) is 9.75. The molecule has 0 saturated carbocycles. The number of carboxylic acid groups (broad SMARTS) is 1. The van der Waals surface area contributed by atoms with Crippen LogP contribution in [-0.4, -0.2) is 21.8 Å². The van der Waals surface area contributed by atoms with Crippen LogP contribution < -0.4 is 0 Å². The fourth-order valence-electron chi connectivity index (χ4n) is 0.606. The van der Waals surface area contributed by atoms with Crippen molar-refractivity contribution in [3.63, 3.8) is 0 Å². The van der Waals surface area contributed by atoms with Crippen LogP contribution in [0.1, 0.15) is 0 Å². The Morgan fingerprint density at radius 3 is 3.00 bits per heavy atom. The summed E-state index contributed by atoms with van der Waals surface area (Å²) in [4.78, 5) is 14.1. The minimum Gasteiger partial charge on any atom is -0.481 e. The Morgan fingerprint density at radius 1 is 1.67 bits per heavy atom. The van der Waals surface area contributed by atoms with Crippen molar-refractivity contribution in [2.45, 2.75) is 5.03 Å². The number of aliphatic carboxylic acids is 1. The van der Waals surface area contributed by atoms with E-state index in [1.165, 1.54) is 0 Å². The second-order valence-electron chi connectivity index (χ2n) is 1.98. The van der Waals surface area contributed by atoms with Crippen LogP contribution in [0.3, 0.4) is 0 Å². The molecule has 0 aliphatic heterocycles. The zero-order chi connectivity index (χ0) is 8.97. The van der Waals surface area contributed by atoms with Gasteiger partial charge in [-0.3, -0.25) is 4.79 Å². The molecule has 64 valence electrons. The standard InChI is InChI=1S/C7H6ClNO2S/c8-5-2-1-3-6(9-5)12-4-7(10)11/h1-3H,4H2,(H,10,11). The number of hydrogen-bond acceptors (Lipinski definition) is 3. The molecule has 0 radical (unpaired) electrons. The average Bonchev–Trinajstić information content (AvgIpc) is 2.01. The van der Waals surface area contributed by atoms with E-state index < -0.39 is 5.97 Å². The number of aromatic nitrogens is 1. The summed E-state index contributed by atoms with van der Waals surface area (Å²) in [6.07, 6.45) is 0. The first kappa shape index (κ1) is 9.35. The van der Waals surface area contributed by atoms with Crippen LogP contribution >= 0.6 is 23.4 Å². The maximum absolute atomic E-state index is 10.2. The minimum absolute atomic E-state index is 0.00728. The van der Waals surface area contributed by atoms with Crippen molar-refractivity contribution < 1.29 is 9.90 Å². The van der Waals surface area contributed by atoms with E-state index in [9.17, 15) is 4.79 Å². The van der Waals surface area contributed by atoms with E-state index in [0.717, 1.165) is 11.8 Å². The molecule has 0 fully saturated rings. The van der Waals surface area contributed by atoms with Gasteiger partial charge in [0.1, 0.15) is 5.15 Å². The topological polar surface area (TPSA) is 50.2 Å². The molecular weight excluding hydrogens is 198 g/mol. The number of carboxylic acids is 1. The summed E-state index contributed by atoms with van der Waals surface area (Å²) in [6, 6.07) is 5.10. The van der Waals surface area contributed by atoms with E-state index in [-0.39, 0.29) is 5.75 Å². The molecule has 1 aromatic rings. The smallest absolute Gasteiger partial charge is 0.313 e. The highest BCUT2D eigenvalue weighted by Gasteiger charge is 2.00. The Kier molecular flexibility index (Phi) is 3.37. The molecule has 0 unspecified atom stereocenters. The number of rotatable bonds is 3. The molecule has 3 nitrogen and oxygen atoms in total. The van der Waals surface area contributed by atoms with Gasteiger partial charge in [-0.25, -0.2) is 4.98 Å². The number of hydrogen-bond donors (Lipinski definition) is 1. The fourth-order valence-corrected chi connectivity index (χ4v) is 1.43. The number of pyridine rings is 1. The molecule has 1 rings (SSSR count). The lowest BCUT2D eigenvalue weighted by Crippen LogP contribution is -1.97. The first-order valence-corrected chi connectivity index (χ1v) is 4.52. The van der Waals surface area contributed by atoms with E-state index in [1.54, 1.807) is 18.2 Å². The number of thioether (sulfide) groups is 1. The highest BCUT2D eigenvalue weighted by Crippen LogP contribution is 2.16. The summed E-state index contributed by atoms with van der Waals surface area (Å²) in [5, 5.41) is 9.37. The van der Waals surface area contributed by atoms with Gasteiger partial charge in [0, 0.05) is 0 Å². The molecule has 0 spiro atoms. The summed E-state index contributed by atoms with van der Waals surface area (Å²) in [5.41, 5.74) is 0. The lowest BCUT2D eigenvalue weighted by Gasteiger charge is -1.96. The van der Waals surface area contributed by atoms with Crippen molar-refractivity contribution in [1.82, 2.24) is 4.98 Å². The zero-order valence-electron chi connectivity index (χ0n) is 6.03. The maximum atomic E-state index is 10.2. The van der Waals surface area contributed by atoms with E-state index in [2.05, 4.69) is 4.98 Å². The first-order valence-electron chi connectivity index (χ1n) is 3.15. The molecule has 1 aromatic heterocycles. The number of carbonyl (C=O) groups is 1. The van der Waals surface area contributed by atoms with Gasteiger partial charge in [-0.1, -0.05) is 29.4 Å². The van der Waals surface area contributed by atoms with Gasteiger partial charge in [-0.15, -0.1) is 0 Å². The summed E-state index contributed by atoms with van der Waals surface area (Å²) >= 11 is 6.74. The van der Waals surface area contributed by atoms with Crippen molar-refractivity contribution in [3.8, 4) is 0 Å². The third-order valence-corrected chi connectivity index (χ3v) is 2.16. The summed E-state index contributed by atoms with van der Waals surface area (Å²) in [6.45, 7) is 0. The first-order chi connectivity index (χ1) is 5.68. The number of nitrogens with zero attached hydrogens (tertiary/aromatic N) is 1. The largest absolute Gasteiger partial charge is 0.481 e. The van der Waals surface area contributed by atoms with Crippen LogP contribution in [-0.2, 0) is 4.79 Å². The van der Waals surface area contributed by atoms with Gasteiger partial charge in [-0.2, -0.15) is 0 Å². The van der Waals surface area contributed by atoms with Crippen LogP contribution in [0.15, 0.2) is 23.2 Å². The molecule has 0 atom stereocenters. The third kappa shape index (κ3) is 3.11. The van der Waals surface area contributed by atoms with Crippen LogP contribution in [0.25, 0.3) is 0 Å². The van der Waals surface area contributed by atoms with Gasteiger partial charge in [0.05, 0.1) is 10.8 Å². The summed E-state index contributed by atoms with van der Waals surface area (Å²) in [7, 11) is 0. The second kappa shape index (κ2) is 4.33. The van der Waals surface area contributed by atoms with E-state index in [4.69, 9.17) is 16.7 Å². The van der Waals surface area contributed by atoms with E-state index in [1.807, 2.05) is 0 Å². The van der Waals surface area contributed by atoms with Crippen LogP contribution in [0.4, 0.5) is 0 Å². The van der Waals surface area contributed by atoms with Crippen molar-refractivity contribution >= 4 is 29.3 Å². The Balaban J connectivity index is 2.57. The van der Waals surface area contributed by atoms with Gasteiger partial charge >= 0.3 is 5.97 Å². The molecule has 0 aromatic carbocycles. The molecule has 0 saturated heterocycles. The predicted molar refractivity (Wildman–Crippen MR) is 47.6 cm³/mol. The molecule has 12 heavy (non-hydrogen) atoms. The average molecular weight is 204 g/mol. The van der Waals surface area contributed by atoms with E-state index >= 15 is 0 Å². The monoisotopic (exact) mass is 203 g/mol. The fraction of sp³-hybridized carbons (Fsp3) is 0.143. The molecule has 0 amide bonds. The molecule has 0 aliphatic rings. The van der Waals surface area contributed by atoms with Gasteiger partial charge in [0.25, 0.3) is 0 Å². The molecule has 0 bridgehead atoms. The van der Waals surface area contributed by atoms with Gasteiger partial charge in [-0.05, 0) is 12.1 Å². The Labute approximate surface area is 78.8 Å². The maximum Gasteiger partial charge on any atom is 0.313 e. The van der Waals surface area contributed by atoms with Crippen molar-refractivity contribution in [2.24, 2.45) is 0 Å². The summed E-state index contributed by atoms with van der Waals surface area (Å²) in [5.74, 6) is -0.852. The molecule has 5 heteroatoms. The Hall–Kier alpha value is -0.740. The molecule has 0 aliphatic carbocycles. The summed E-state index contributed by atoms with van der Waals surface area (Å²) < 4.78 is 0. The van der Waals surface area contributed by atoms with Crippen molar-refractivity contribution in [1.29, 1.82) is 0 Å². The second-order valence-corrected chi connectivity index (χ2v) is 3.36. The third-order valence-electron chi connectivity index (χ3n) is 1.03. The quantitative estimate of drug-likeness (QED) is 0.602. The SMILES string of the molecule is O=C(O)CSc1cccc(Cl)n1. The van der Waals surface area contributed by atoms with E-state index in [0.29, 0.717) is 10.2 Å². The molecular formula is C7H6ClNO2S. The van der Waals surface area contributed by atoms with Crippen LogP contribution in [0.5, 0.6) is 0 Å². The van der Waals surface area contributed by atoms with Crippen molar-refractivity contribution in [3.05, 3.63) is 23.4 Å². The predicted octanol–water partition coefficient (Wildman–Crippen LogP) is 1.91. The zero-order valence-corrected chi connectivity index (χ0v) is 7.60. The lowest BCUT2D eigenvalue weighted by atomic mass is 10.5. The Morgan fingerprint density at radius 2 is 2.42 bits per heavy atom. The highest BCUT2D eigenvalue weighted by molar-refractivity contribution is 7.99. The molecule has 1 heterocycles. The van der Waals surface area contributed by atoms with Crippen LogP contribution in [0, 0.1) is 0 Å². The van der Waals surface area contributed by atoms with Gasteiger partial charge in [0.2, 0.25) is 0 Å². The lowest BCUT2D eigenvalue weighted by molar-refractivity contribution is -0.133. The van der Waals surface area contributed by atoms with Crippen molar-refractivity contribution in [2.75, 3.05) is 5.75 Å². The van der Waals surface area contributed by atoms with Gasteiger partial charge < -0.3 is 5.11 Å².